The van der Waals surface area contributed by atoms with Gasteiger partial charge in [-0.1, -0.05) is 29.8 Å². The van der Waals surface area contributed by atoms with Gasteiger partial charge < -0.3 is 5.32 Å². The number of amides is 1. The molecule has 1 amide bonds. The lowest BCUT2D eigenvalue weighted by Gasteiger charge is -2.35. The normalized spacial score (nSPS) is 21.5. The summed E-state index contributed by atoms with van der Waals surface area (Å²) < 4.78 is 0. The van der Waals surface area contributed by atoms with Gasteiger partial charge in [-0.25, -0.2) is 0 Å². The van der Waals surface area contributed by atoms with Gasteiger partial charge in [0, 0.05) is 5.56 Å². The van der Waals surface area contributed by atoms with E-state index < -0.39 is 0 Å². The van der Waals surface area contributed by atoms with E-state index in [9.17, 15) is 4.79 Å². The zero-order valence-corrected chi connectivity index (χ0v) is 10.2. The molecule has 2 aliphatic rings. The molecule has 1 N–H and O–H groups in total. The summed E-state index contributed by atoms with van der Waals surface area (Å²) in [4.78, 5) is 12.0. The van der Waals surface area contributed by atoms with Gasteiger partial charge in [-0.3, -0.25) is 4.79 Å². The van der Waals surface area contributed by atoms with E-state index in [1.54, 1.807) is 0 Å². The van der Waals surface area contributed by atoms with Crippen molar-refractivity contribution in [3.05, 3.63) is 47.0 Å². The van der Waals surface area contributed by atoms with Crippen molar-refractivity contribution in [2.24, 2.45) is 0 Å². The molecule has 1 aromatic carbocycles. The van der Waals surface area contributed by atoms with Crippen LogP contribution in [-0.2, 0) is 5.54 Å². The van der Waals surface area contributed by atoms with E-state index in [4.69, 9.17) is 0 Å². The number of benzene rings is 1. The highest BCUT2D eigenvalue weighted by molar-refractivity contribution is 6.00. The van der Waals surface area contributed by atoms with Crippen LogP contribution in [0.5, 0.6) is 0 Å². The van der Waals surface area contributed by atoms with Crippen LogP contribution in [0.25, 0.3) is 0 Å². The standard InChI is InChI=1S/C15H17NO/c1-10-5-7-15(8-6-10)13-4-3-11(2)9-12(13)14(17)16-15/h3-4,9H,1,5-8H2,2H3,(H,16,17). The molecule has 1 spiro atoms. The second-order valence-electron chi connectivity index (χ2n) is 5.34. The monoisotopic (exact) mass is 227 g/mol. The van der Waals surface area contributed by atoms with Gasteiger partial charge in [0.1, 0.15) is 0 Å². The van der Waals surface area contributed by atoms with Crippen LogP contribution < -0.4 is 5.32 Å². The summed E-state index contributed by atoms with van der Waals surface area (Å²) in [5.41, 5.74) is 4.42. The van der Waals surface area contributed by atoms with E-state index >= 15 is 0 Å². The van der Waals surface area contributed by atoms with Crippen molar-refractivity contribution in [3.8, 4) is 0 Å². The minimum Gasteiger partial charge on any atom is -0.342 e. The van der Waals surface area contributed by atoms with E-state index in [0.29, 0.717) is 0 Å². The fraction of sp³-hybridized carbons (Fsp3) is 0.400. The Labute approximate surface area is 102 Å². The fourth-order valence-corrected chi connectivity index (χ4v) is 3.04. The summed E-state index contributed by atoms with van der Waals surface area (Å²) in [6.07, 6.45) is 4.03. The van der Waals surface area contributed by atoms with Crippen LogP contribution in [0.4, 0.5) is 0 Å². The van der Waals surface area contributed by atoms with Crippen LogP contribution in [0.3, 0.4) is 0 Å². The van der Waals surface area contributed by atoms with E-state index in [-0.39, 0.29) is 11.4 Å². The Morgan fingerprint density at radius 3 is 2.71 bits per heavy atom. The first-order chi connectivity index (χ1) is 8.11. The molecular weight excluding hydrogens is 210 g/mol. The van der Waals surface area contributed by atoms with Crippen molar-refractivity contribution in [3.63, 3.8) is 0 Å². The van der Waals surface area contributed by atoms with Gasteiger partial charge in [-0.2, -0.15) is 0 Å². The smallest absolute Gasteiger partial charge is 0.252 e. The molecule has 17 heavy (non-hydrogen) atoms. The van der Waals surface area contributed by atoms with Crippen molar-refractivity contribution in [2.75, 3.05) is 0 Å². The average Bonchev–Trinajstić information content (AvgIpc) is 2.57. The lowest BCUT2D eigenvalue weighted by atomic mass is 9.76. The molecule has 0 saturated heterocycles. The molecule has 0 bridgehead atoms. The van der Waals surface area contributed by atoms with Crippen molar-refractivity contribution in [1.29, 1.82) is 0 Å². The predicted molar refractivity (Wildman–Crippen MR) is 67.9 cm³/mol. The van der Waals surface area contributed by atoms with Crippen LogP contribution in [0.2, 0.25) is 0 Å². The van der Waals surface area contributed by atoms with Gasteiger partial charge in [-0.05, 0) is 44.2 Å². The Hall–Kier alpha value is -1.57. The molecule has 3 rings (SSSR count). The van der Waals surface area contributed by atoms with Gasteiger partial charge in [0.2, 0.25) is 0 Å². The highest BCUT2D eigenvalue weighted by atomic mass is 16.2. The lowest BCUT2D eigenvalue weighted by molar-refractivity contribution is 0.0916. The molecule has 0 unspecified atom stereocenters. The van der Waals surface area contributed by atoms with Gasteiger partial charge >= 0.3 is 0 Å². The van der Waals surface area contributed by atoms with E-state index in [1.807, 2.05) is 13.0 Å². The Bertz CT molecular complexity index is 506. The summed E-state index contributed by atoms with van der Waals surface area (Å²) in [5, 5.41) is 3.20. The number of allylic oxidation sites excluding steroid dienone is 1. The predicted octanol–water partition coefficient (Wildman–Crippen LogP) is 3.06. The molecule has 1 saturated carbocycles. The minimum atomic E-state index is -0.110. The van der Waals surface area contributed by atoms with Gasteiger partial charge in [0.25, 0.3) is 5.91 Å². The Morgan fingerprint density at radius 1 is 1.29 bits per heavy atom. The first-order valence-electron chi connectivity index (χ1n) is 6.21. The molecule has 0 atom stereocenters. The van der Waals surface area contributed by atoms with Crippen LogP contribution >= 0.6 is 0 Å². The molecule has 1 fully saturated rings. The number of hydrogen-bond donors (Lipinski definition) is 1. The first-order valence-corrected chi connectivity index (χ1v) is 6.21. The second-order valence-corrected chi connectivity index (χ2v) is 5.34. The van der Waals surface area contributed by atoms with Crippen molar-refractivity contribution >= 4 is 5.91 Å². The number of nitrogens with one attached hydrogen (secondary N) is 1. The molecule has 1 aromatic rings. The highest BCUT2D eigenvalue weighted by Crippen LogP contribution is 2.43. The molecule has 0 aromatic heterocycles. The maximum absolute atomic E-state index is 12.0. The van der Waals surface area contributed by atoms with Gasteiger partial charge in [-0.15, -0.1) is 0 Å². The zero-order chi connectivity index (χ0) is 12.0. The lowest BCUT2D eigenvalue weighted by Crippen LogP contribution is -2.41. The summed E-state index contributed by atoms with van der Waals surface area (Å²) >= 11 is 0. The minimum absolute atomic E-state index is 0.0937. The largest absolute Gasteiger partial charge is 0.342 e. The third kappa shape index (κ3) is 1.51. The summed E-state index contributed by atoms with van der Waals surface area (Å²) in [6.45, 7) is 6.07. The third-order valence-corrected chi connectivity index (χ3v) is 4.10. The number of carbonyl (C=O) groups excluding carboxylic acids is 1. The fourth-order valence-electron chi connectivity index (χ4n) is 3.04. The summed E-state index contributed by atoms with van der Waals surface area (Å²) in [5.74, 6) is 0.0937. The SMILES string of the molecule is C=C1CCC2(CC1)NC(=O)c1cc(C)ccc12. The topological polar surface area (TPSA) is 29.1 Å². The molecule has 2 nitrogen and oxygen atoms in total. The van der Waals surface area contributed by atoms with Gasteiger partial charge in [0.05, 0.1) is 5.54 Å². The van der Waals surface area contributed by atoms with Gasteiger partial charge in [0.15, 0.2) is 0 Å². The number of aryl methyl sites for hydroxylation is 1. The molecule has 2 heteroatoms. The summed E-state index contributed by atoms with van der Waals surface area (Å²) in [6, 6.07) is 6.23. The number of rotatable bonds is 0. The zero-order valence-electron chi connectivity index (χ0n) is 10.2. The molecular formula is C15H17NO. The first kappa shape index (κ1) is 10.6. The Balaban J connectivity index is 2.06. The van der Waals surface area contributed by atoms with Crippen LogP contribution in [0.1, 0.15) is 47.2 Å². The van der Waals surface area contributed by atoms with Crippen LogP contribution in [0, 0.1) is 6.92 Å². The second kappa shape index (κ2) is 3.46. The van der Waals surface area contributed by atoms with Crippen LogP contribution in [-0.4, -0.2) is 5.91 Å². The van der Waals surface area contributed by atoms with E-state index in [1.165, 1.54) is 11.1 Å². The molecule has 88 valence electrons. The molecule has 1 aliphatic heterocycles. The van der Waals surface area contributed by atoms with E-state index in [2.05, 4.69) is 24.0 Å². The molecule has 1 aliphatic carbocycles. The highest BCUT2D eigenvalue weighted by Gasteiger charge is 2.43. The average molecular weight is 227 g/mol. The van der Waals surface area contributed by atoms with Crippen molar-refractivity contribution in [2.45, 2.75) is 38.1 Å². The summed E-state index contributed by atoms with van der Waals surface area (Å²) in [7, 11) is 0. The number of carbonyl (C=O) groups is 1. The number of hydrogen-bond acceptors (Lipinski definition) is 1. The molecule has 1 heterocycles. The Morgan fingerprint density at radius 2 is 2.00 bits per heavy atom. The van der Waals surface area contributed by atoms with Crippen molar-refractivity contribution < 1.29 is 4.79 Å². The van der Waals surface area contributed by atoms with Crippen molar-refractivity contribution in [1.82, 2.24) is 5.32 Å². The van der Waals surface area contributed by atoms with E-state index in [0.717, 1.165) is 36.8 Å². The Kier molecular flexibility index (Phi) is 2.15. The quantitative estimate of drug-likeness (QED) is 0.678. The molecule has 0 radical (unpaired) electrons. The maximum atomic E-state index is 12.0. The van der Waals surface area contributed by atoms with Crippen LogP contribution in [0.15, 0.2) is 30.4 Å². The third-order valence-electron chi connectivity index (χ3n) is 4.10. The number of fused-ring (bicyclic) bond motifs is 2. The maximum Gasteiger partial charge on any atom is 0.252 e.